The Morgan fingerprint density at radius 1 is 1.21 bits per heavy atom. The van der Waals surface area contributed by atoms with Crippen molar-refractivity contribution in [3.63, 3.8) is 0 Å². The first kappa shape index (κ1) is 20.8. The maximum absolute atomic E-state index is 12.6. The number of anilines is 2. The zero-order chi connectivity index (χ0) is 20.9. The van der Waals surface area contributed by atoms with E-state index in [9.17, 15) is 13.2 Å². The molecular weight excluding hydrogens is 436 g/mol. The van der Waals surface area contributed by atoms with Gasteiger partial charge in [0.25, 0.3) is 20.3 Å². The Morgan fingerprint density at radius 3 is 2.76 bits per heavy atom. The molecule has 1 amide bonds. The summed E-state index contributed by atoms with van der Waals surface area (Å²) in [6.45, 7) is 3.85. The van der Waals surface area contributed by atoms with Crippen LogP contribution in [0.3, 0.4) is 0 Å². The van der Waals surface area contributed by atoms with Crippen molar-refractivity contribution in [3.8, 4) is 5.75 Å². The van der Waals surface area contributed by atoms with Gasteiger partial charge in [-0.2, -0.15) is 8.42 Å². The molecule has 11 heteroatoms. The second kappa shape index (κ2) is 9.03. The van der Waals surface area contributed by atoms with Crippen LogP contribution in [-0.4, -0.2) is 31.1 Å². The first-order valence-electron chi connectivity index (χ1n) is 8.15. The Morgan fingerprint density at radius 2 is 2.00 bits per heavy atom. The van der Waals surface area contributed by atoms with Gasteiger partial charge in [0.15, 0.2) is 0 Å². The molecule has 0 saturated carbocycles. The standard InChI is InChI=1S/C18H15ClN4O4S2/c1-2-10-27-13-7-5-6-12(11-13)23-29(25,26)18-22-21-17(28-18)20-16(24)14-8-3-4-9-15(14)19/h2-9,11,23H,1,10H2,(H,20,21,24). The highest BCUT2D eigenvalue weighted by atomic mass is 35.5. The minimum Gasteiger partial charge on any atom is -0.489 e. The van der Waals surface area contributed by atoms with Crippen molar-refractivity contribution in [2.75, 3.05) is 16.6 Å². The van der Waals surface area contributed by atoms with Crippen LogP contribution >= 0.6 is 22.9 Å². The SMILES string of the molecule is C=CCOc1cccc(NS(=O)(=O)c2nnc(NC(=O)c3ccccc3Cl)s2)c1. The molecule has 0 atom stereocenters. The fourth-order valence-corrected chi connectivity index (χ4v) is 4.35. The highest BCUT2D eigenvalue weighted by Gasteiger charge is 2.22. The van der Waals surface area contributed by atoms with Gasteiger partial charge in [-0.1, -0.05) is 53.8 Å². The van der Waals surface area contributed by atoms with Crippen molar-refractivity contribution >= 4 is 49.7 Å². The Bertz CT molecular complexity index is 1150. The Hall–Kier alpha value is -2.95. The molecule has 0 aliphatic heterocycles. The van der Waals surface area contributed by atoms with Crippen molar-refractivity contribution in [1.29, 1.82) is 0 Å². The minimum absolute atomic E-state index is 0.0263. The number of carbonyl (C=O) groups excluding carboxylic acids is 1. The number of nitrogens with zero attached hydrogens (tertiary/aromatic N) is 2. The molecule has 0 fully saturated rings. The number of amides is 1. The number of aromatic nitrogens is 2. The predicted molar refractivity (Wildman–Crippen MR) is 112 cm³/mol. The summed E-state index contributed by atoms with van der Waals surface area (Å²) in [6, 6.07) is 12.9. The van der Waals surface area contributed by atoms with E-state index < -0.39 is 15.9 Å². The summed E-state index contributed by atoms with van der Waals surface area (Å²) in [5.41, 5.74) is 0.534. The van der Waals surface area contributed by atoms with Crippen molar-refractivity contribution in [1.82, 2.24) is 10.2 Å². The van der Waals surface area contributed by atoms with Crippen LogP contribution in [0.15, 0.2) is 65.5 Å². The number of nitrogens with one attached hydrogen (secondary N) is 2. The van der Waals surface area contributed by atoms with E-state index in [4.69, 9.17) is 16.3 Å². The van der Waals surface area contributed by atoms with Gasteiger partial charge >= 0.3 is 0 Å². The third kappa shape index (κ3) is 5.31. The van der Waals surface area contributed by atoms with Crippen molar-refractivity contribution in [2.24, 2.45) is 0 Å². The molecule has 2 aromatic carbocycles. The average Bonchev–Trinajstić information content (AvgIpc) is 3.16. The molecule has 0 aliphatic rings. The van der Waals surface area contributed by atoms with E-state index in [1.54, 1.807) is 48.5 Å². The van der Waals surface area contributed by atoms with E-state index >= 15 is 0 Å². The maximum Gasteiger partial charge on any atom is 0.291 e. The lowest BCUT2D eigenvalue weighted by Gasteiger charge is -2.08. The lowest BCUT2D eigenvalue weighted by Crippen LogP contribution is -2.12. The number of benzene rings is 2. The quantitative estimate of drug-likeness (QED) is 0.399. The van der Waals surface area contributed by atoms with Gasteiger partial charge in [0.2, 0.25) is 5.13 Å². The lowest BCUT2D eigenvalue weighted by atomic mass is 10.2. The highest BCUT2D eigenvalue weighted by Crippen LogP contribution is 2.25. The second-order valence-corrected chi connectivity index (χ2v) is 8.78. The highest BCUT2D eigenvalue weighted by molar-refractivity contribution is 7.94. The molecule has 1 heterocycles. The maximum atomic E-state index is 12.6. The zero-order valence-electron chi connectivity index (χ0n) is 14.8. The smallest absolute Gasteiger partial charge is 0.291 e. The topological polar surface area (TPSA) is 110 Å². The monoisotopic (exact) mass is 450 g/mol. The summed E-state index contributed by atoms with van der Waals surface area (Å²) in [5, 5.41) is 10.1. The van der Waals surface area contributed by atoms with E-state index in [1.807, 2.05) is 0 Å². The number of hydrogen-bond acceptors (Lipinski definition) is 7. The molecular formula is C18H15ClN4O4S2. The fourth-order valence-electron chi connectivity index (χ4n) is 2.18. The molecule has 3 aromatic rings. The van der Waals surface area contributed by atoms with Crippen LogP contribution in [0, 0.1) is 0 Å². The molecule has 0 spiro atoms. The number of ether oxygens (including phenoxy) is 1. The van der Waals surface area contributed by atoms with E-state index in [0.717, 1.165) is 0 Å². The molecule has 2 N–H and O–H groups in total. The molecule has 0 bridgehead atoms. The normalized spacial score (nSPS) is 10.9. The second-order valence-electron chi connectivity index (χ2n) is 5.54. The van der Waals surface area contributed by atoms with E-state index in [0.29, 0.717) is 29.4 Å². The van der Waals surface area contributed by atoms with Gasteiger partial charge in [0, 0.05) is 6.07 Å². The Balaban J connectivity index is 1.73. The number of halogens is 1. The first-order valence-corrected chi connectivity index (χ1v) is 10.8. The molecule has 29 heavy (non-hydrogen) atoms. The number of hydrogen-bond donors (Lipinski definition) is 2. The number of carbonyl (C=O) groups is 1. The average molecular weight is 451 g/mol. The summed E-state index contributed by atoms with van der Waals surface area (Å²) < 4.78 is 32.6. The summed E-state index contributed by atoms with van der Waals surface area (Å²) in [6.07, 6.45) is 1.58. The molecule has 0 radical (unpaired) electrons. The van der Waals surface area contributed by atoms with E-state index in [-0.39, 0.29) is 20.1 Å². The van der Waals surface area contributed by atoms with Gasteiger partial charge in [0.1, 0.15) is 12.4 Å². The van der Waals surface area contributed by atoms with E-state index in [1.165, 1.54) is 6.07 Å². The molecule has 1 aromatic heterocycles. The Labute approximate surface area is 176 Å². The minimum atomic E-state index is -4.00. The van der Waals surface area contributed by atoms with Gasteiger partial charge in [-0.05, 0) is 24.3 Å². The van der Waals surface area contributed by atoms with Crippen molar-refractivity contribution < 1.29 is 17.9 Å². The van der Waals surface area contributed by atoms with Gasteiger partial charge in [-0.3, -0.25) is 14.8 Å². The third-order valence-electron chi connectivity index (χ3n) is 3.43. The molecule has 8 nitrogen and oxygen atoms in total. The summed E-state index contributed by atoms with van der Waals surface area (Å²) in [4.78, 5) is 12.3. The first-order chi connectivity index (χ1) is 13.9. The number of sulfonamides is 1. The van der Waals surface area contributed by atoms with Gasteiger partial charge < -0.3 is 4.74 Å². The van der Waals surface area contributed by atoms with Crippen LogP contribution in [0.25, 0.3) is 0 Å². The van der Waals surface area contributed by atoms with Gasteiger partial charge in [0.05, 0.1) is 16.3 Å². The molecule has 3 rings (SSSR count). The van der Waals surface area contributed by atoms with Gasteiger partial charge in [-0.25, -0.2) is 0 Å². The number of rotatable bonds is 8. The summed E-state index contributed by atoms with van der Waals surface area (Å²) >= 11 is 6.70. The van der Waals surface area contributed by atoms with Crippen LogP contribution in [0.4, 0.5) is 10.8 Å². The van der Waals surface area contributed by atoms with Crippen molar-refractivity contribution in [2.45, 2.75) is 4.34 Å². The molecule has 0 aliphatic carbocycles. The van der Waals surface area contributed by atoms with Crippen LogP contribution in [0.2, 0.25) is 5.02 Å². The zero-order valence-corrected chi connectivity index (χ0v) is 17.2. The Kier molecular flexibility index (Phi) is 6.47. The van der Waals surface area contributed by atoms with Gasteiger partial charge in [-0.15, -0.1) is 10.2 Å². The van der Waals surface area contributed by atoms with Crippen LogP contribution in [0.1, 0.15) is 10.4 Å². The molecule has 0 unspecified atom stereocenters. The third-order valence-corrected chi connectivity index (χ3v) is 6.35. The lowest BCUT2D eigenvalue weighted by molar-refractivity contribution is 0.102. The fraction of sp³-hybridized carbons (Fsp3) is 0.0556. The predicted octanol–water partition coefficient (Wildman–Crippen LogP) is 3.81. The summed E-state index contributed by atoms with van der Waals surface area (Å²) in [7, 11) is -4.00. The van der Waals surface area contributed by atoms with Crippen LogP contribution in [0.5, 0.6) is 5.75 Å². The van der Waals surface area contributed by atoms with Crippen LogP contribution in [-0.2, 0) is 10.0 Å². The largest absolute Gasteiger partial charge is 0.489 e. The summed E-state index contributed by atoms with van der Waals surface area (Å²) in [5.74, 6) is -0.0363. The van der Waals surface area contributed by atoms with E-state index in [2.05, 4.69) is 26.8 Å². The molecule has 150 valence electrons. The van der Waals surface area contributed by atoms with Crippen molar-refractivity contribution in [3.05, 3.63) is 71.8 Å². The van der Waals surface area contributed by atoms with Crippen LogP contribution < -0.4 is 14.8 Å². The molecule has 0 saturated heterocycles.